The zero-order valence-corrected chi connectivity index (χ0v) is 17.7. The molecule has 4 aromatic rings. The first-order valence-corrected chi connectivity index (χ1v) is 9.87. The number of carbonyl (C=O) groups is 1. The van der Waals surface area contributed by atoms with Crippen LogP contribution in [0.4, 0.5) is 5.95 Å². The molecule has 1 amide bonds. The molecule has 2 heterocycles. The Morgan fingerprint density at radius 3 is 2.47 bits per heavy atom. The molecule has 0 spiro atoms. The van der Waals surface area contributed by atoms with Crippen LogP contribution in [-0.4, -0.2) is 25.5 Å². The van der Waals surface area contributed by atoms with Crippen LogP contribution in [0.25, 0.3) is 5.78 Å². The summed E-state index contributed by atoms with van der Waals surface area (Å²) < 4.78 is 1.23. The van der Waals surface area contributed by atoms with Crippen LogP contribution in [-0.2, 0) is 6.54 Å². The SMILES string of the molecule is Cc1nc2nc(N(Cc3ccc(Cl)cc3)C(=O)c3ccccc3Cl)[nH]n2c(=O)c1C. The molecule has 0 aliphatic rings. The number of fused-ring (bicyclic) bond motifs is 1. The Morgan fingerprint density at radius 1 is 1.07 bits per heavy atom. The zero-order valence-electron chi connectivity index (χ0n) is 16.2. The highest BCUT2D eigenvalue weighted by molar-refractivity contribution is 6.34. The van der Waals surface area contributed by atoms with Gasteiger partial charge in [0.25, 0.3) is 17.2 Å². The molecule has 4 rings (SSSR count). The normalized spacial score (nSPS) is 11.1. The summed E-state index contributed by atoms with van der Waals surface area (Å²) in [6.07, 6.45) is 0. The molecular formula is C21H17Cl2N5O2. The first-order valence-electron chi connectivity index (χ1n) is 9.12. The zero-order chi connectivity index (χ0) is 21.4. The number of amides is 1. The molecule has 9 heteroatoms. The monoisotopic (exact) mass is 441 g/mol. The number of anilines is 1. The topological polar surface area (TPSA) is 83.4 Å². The number of aryl methyl sites for hydroxylation is 1. The number of carbonyl (C=O) groups excluding carboxylic acids is 1. The van der Waals surface area contributed by atoms with Crippen molar-refractivity contribution in [2.45, 2.75) is 20.4 Å². The molecule has 1 N–H and O–H groups in total. The first-order chi connectivity index (χ1) is 14.3. The van der Waals surface area contributed by atoms with E-state index in [1.807, 2.05) is 12.1 Å². The van der Waals surface area contributed by atoms with E-state index in [1.54, 1.807) is 50.2 Å². The van der Waals surface area contributed by atoms with Crippen molar-refractivity contribution >= 4 is 40.8 Å². The molecule has 0 saturated carbocycles. The van der Waals surface area contributed by atoms with Gasteiger partial charge in [0.2, 0.25) is 5.95 Å². The van der Waals surface area contributed by atoms with Crippen molar-refractivity contribution in [1.82, 2.24) is 19.6 Å². The maximum Gasteiger partial charge on any atom is 0.277 e. The molecule has 2 aromatic heterocycles. The van der Waals surface area contributed by atoms with E-state index in [2.05, 4.69) is 15.1 Å². The molecule has 0 atom stereocenters. The second-order valence-electron chi connectivity index (χ2n) is 6.81. The van der Waals surface area contributed by atoms with E-state index in [-0.39, 0.29) is 29.7 Å². The van der Waals surface area contributed by atoms with E-state index in [0.717, 1.165) is 5.56 Å². The summed E-state index contributed by atoms with van der Waals surface area (Å²) in [5.41, 5.74) is 1.96. The number of aromatic amines is 1. The third-order valence-corrected chi connectivity index (χ3v) is 5.39. The van der Waals surface area contributed by atoms with E-state index < -0.39 is 0 Å². The van der Waals surface area contributed by atoms with E-state index in [1.165, 1.54) is 9.42 Å². The molecule has 0 aliphatic carbocycles. The maximum absolute atomic E-state index is 13.4. The Bertz CT molecular complexity index is 1310. The lowest BCUT2D eigenvalue weighted by Crippen LogP contribution is -2.32. The third-order valence-electron chi connectivity index (χ3n) is 4.81. The summed E-state index contributed by atoms with van der Waals surface area (Å²) in [4.78, 5) is 36.1. The average molecular weight is 442 g/mol. The van der Waals surface area contributed by atoms with Crippen molar-refractivity contribution in [3.63, 3.8) is 0 Å². The molecule has 0 bridgehead atoms. The number of H-pyrrole nitrogens is 1. The molecular weight excluding hydrogens is 425 g/mol. The summed E-state index contributed by atoms with van der Waals surface area (Å²) in [5.74, 6) is 0.00623. The lowest BCUT2D eigenvalue weighted by atomic mass is 10.1. The lowest BCUT2D eigenvalue weighted by molar-refractivity contribution is 0.0983. The van der Waals surface area contributed by atoms with E-state index in [4.69, 9.17) is 23.2 Å². The van der Waals surface area contributed by atoms with Crippen molar-refractivity contribution in [3.8, 4) is 0 Å². The predicted molar refractivity (Wildman–Crippen MR) is 116 cm³/mol. The van der Waals surface area contributed by atoms with Gasteiger partial charge in [0.15, 0.2) is 0 Å². The van der Waals surface area contributed by atoms with Crippen molar-refractivity contribution in [2.75, 3.05) is 4.90 Å². The van der Waals surface area contributed by atoms with Crippen LogP contribution in [0.5, 0.6) is 0 Å². The number of nitrogens with zero attached hydrogens (tertiary/aromatic N) is 4. The Hall–Kier alpha value is -3.16. The van der Waals surface area contributed by atoms with Gasteiger partial charge in [0.05, 0.1) is 17.1 Å². The van der Waals surface area contributed by atoms with Gasteiger partial charge in [0.1, 0.15) is 0 Å². The summed E-state index contributed by atoms with van der Waals surface area (Å²) in [6.45, 7) is 3.62. The lowest BCUT2D eigenvalue weighted by Gasteiger charge is -2.20. The largest absolute Gasteiger partial charge is 0.277 e. The van der Waals surface area contributed by atoms with Gasteiger partial charge in [0, 0.05) is 16.3 Å². The van der Waals surface area contributed by atoms with Gasteiger partial charge in [-0.05, 0) is 43.7 Å². The highest BCUT2D eigenvalue weighted by Crippen LogP contribution is 2.22. The number of halogens is 2. The molecule has 2 aromatic carbocycles. The van der Waals surface area contributed by atoms with Gasteiger partial charge in [-0.15, -0.1) is 0 Å². The summed E-state index contributed by atoms with van der Waals surface area (Å²) in [5, 5.41) is 3.81. The number of aromatic nitrogens is 4. The van der Waals surface area contributed by atoms with E-state index in [0.29, 0.717) is 26.9 Å². The fourth-order valence-electron chi connectivity index (χ4n) is 3.01. The van der Waals surface area contributed by atoms with Crippen molar-refractivity contribution < 1.29 is 4.79 Å². The fraction of sp³-hybridized carbons (Fsp3) is 0.143. The molecule has 152 valence electrons. The van der Waals surface area contributed by atoms with Crippen molar-refractivity contribution in [1.29, 1.82) is 0 Å². The molecule has 7 nitrogen and oxygen atoms in total. The van der Waals surface area contributed by atoms with Crippen LogP contribution in [0.3, 0.4) is 0 Å². The number of rotatable bonds is 4. The minimum absolute atomic E-state index is 0.185. The first kappa shape index (κ1) is 20.1. The van der Waals surface area contributed by atoms with Crippen molar-refractivity contribution in [3.05, 3.63) is 91.3 Å². The number of benzene rings is 2. The predicted octanol–water partition coefficient (Wildman–Crippen LogP) is 4.19. The van der Waals surface area contributed by atoms with Gasteiger partial charge in [-0.3, -0.25) is 19.6 Å². The molecule has 0 unspecified atom stereocenters. The van der Waals surface area contributed by atoms with Crippen LogP contribution in [0.15, 0.2) is 53.3 Å². The number of hydrogen-bond acceptors (Lipinski definition) is 4. The van der Waals surface area contributed by atoms with Gasteiger partial charge >= 0.3 is 0 Å². The quantitative estimate of drug-likeness (QED) is 0.514. The molecule has 30 heavy (non-hydrogen) atoms. The van der Waals surface area contributed by atoms with Crippen LogP contribution < -0.4 is 10.5 Å². The number of hydrogen-bond donors (Lipinski definition) is 1. The van der Waals surface area contributed by atoms with Crippen LogP contribution in [0.2, 0.25) is 10.0 Å². The van der Waals surface area contributed by atoms with Gasteiger partial charge in [-0.1, -0.05) is 47.5 Å². The molecule has 0 saturated heterocycles. The maximum atomic E-state index is 13.4. The Morgan fingerprint density at radius 2 is 1.77 bits per heavy atom. The minimum atomic E-state index is -0.365. The van der Waals surface area contributed by atoms with Crippen LogP contribution >= 0.6 is 23.2 Å². The standard InChI is InChI=1S/C21H17Cl2N5O2/c1-12-13(2)24-20-25-21(26-28(20)18(12)29)27(11-14-7-9-15(22)10-8-14)19(30)16-5-3-4-6-17(16)23/h3-10H,11H2,1-2H3,(H,24,25,26). The highest BCUT2D eigenvalue weighted by atomic mass is 35.5. The summed E-state index contributed by atoms with van der Waals surface area (Å²) in [6, 6.07) is 13.9. The van der Waals surface area contributed by atoms with Crippen molar-refractivity contribution in [2.24, 2.45) is 0 Å². The third kappa shape index (κ3) is 3.69. The Balaban J connectivity index is 1.84. The Kier molecular flexibility index (Phi) is 5.32. The smallest absolute Gasteiger partial charge is 0.272 e. The Labute approximate surface area is 181 Å². The van der Waals surface area contributed by atoms with Crippen LogP contribution in [0, 0.1) is 13.8 Å². The second kappa shape index (κ2) is 7.93. The van der Waals surface area contributed by atoms with Gasteiger partial charge in [-0.2, -0.15) is 9.50 Å². The highest BCUT2D eigenvalue weighted by Gasteiger charge is 2.24. The molecule has 0 aliphatic heterocycles. The average Bonchev–Trinajstić information content (AvgIpc) is 3.15. The molecule has 0 radical (unpaired) electrons. The second-order valence-corrected chi connectivity index (χ2v) is 7.65. The van der Waals surface area contributed by atoms with Gasteiger partial charge in [-0.25, -0.2) is 4.98 Å². The summed E-state index contributed by atoms with van der Waals surface area (Å²) in [7, 11) is 0. The van der Waals surface area contributed by atoms with Gasteiger partial charge < -0.3 is 0 Å². The van der Waals surface area contributed by atoms with E-state index in [9.17, 15) is 9.59 Å². The fourth-order valence-corrected chi connectivity index (χ4v) is 3.35. The van der Waals surface area contributed by atoms with E-state index >= 15 is 0 Å². The summed E-state index contributed by atoms with van der Waals surface area (Å²) >= 11 is 12.2. The number of nitrogens with one attached hydrogen (secondary N) is 1. The minimum Gasteiger partial charge on any atom is -0.272 e. The molecule has 0 fully saturated rings. The van der Waals surface area contributed by atoms with Crippen LogP contribution in [0.1, 0.15) is 27.2 Å².